The lowest BCUT2D eigenvalue weighted by Crippen LogP contribution is -2.15. The average molecular weight is 242 g/mol. The quantitative estimate of drug-likeness (QED) is 0.891. The molecule has 3 rings (SSSR count). The van der Waals surface area contributed by atoms with Gasteiger partial charge in [-0.25, -0.2) is 4.98 Å². The van der Waals surface area contributed by atoms with E-state index in [1.165, 1.54) is 12.8 Å². The van der Waals surface area contributed by atoms with Gasteiger partial charge >= 0.3 is 0 Å². The van der Waals surface area contributed by atoms with Crippen molar-refractivity contribution in [2.75, 3.05) is 0 Å². The van der Waals surface area contributed by atoms with Gasteiger partial charge in [0.2, 0.25) is 0 Å². The monoisotopic (exact) mass is 242 g/mol. The normalized spacial score (nSPS) is 16.8. The minimum absolute atomic E-state index is 0.0128. The molecule has 0 aliphatic heterocycles. The summed E-state index contributed by atoms with van der Waals surface area (Å²) in [6.45, 7) is 0. The van der Waals surface area contributed by atoms with Crippen molar-refractivity contribution in [1.29, 1.82) is 0 Å². The van der Waals surface area contributed by atoms with Crippen LogP contribution in [0.25, 0.3) is 0 Å². The second-order valence-electron chi connectivity index (χ2n) is 5.01. The number of hydrogen-bond donors (Lipinski definition) is 1. The highest BCUT2D eigenvalue weighted by molar-refractivity contribution is 5.19. The van der Waals surface area contributed by atoms with Crippen LogP contribution in [0, 0.1) is 0 Å². The van der Waals surface area contributed by atoms with E-state index in [2.05, 4.69) is 22.2 Å². The van der Waals surface area contributed by atoms with Crippen molar-refractivity contribution in [3.63, 3.8) is 0 Å². The molecule has 1 aliphatic rings. The first-order valence-electron chi connectivity index (χ1n) is 6.44. The maximum absolute atomic E-state index is 6.22. The second kappa shape index (κ2) is 4.53. The lowest BCUT2D eigenvalue weighted by Gasteiger charge is -2.10. The molecule has 1 unspecified atom stereocenters. The molecule has 0 spiro atoms. The van der Waals surface area contributed by atoms with Crippen LogP contribution in [0.2, 0.25) is 0 Å². The predicted molar refractivity (Wildman–Crippen MR) is 70.1 cm³/mol. The largest absolute Gasteiger partial charge is 0.324 e. The van der Waals surface area contributed by atoms with Gasteiger partial charge in [-0.2, -0.15) is 5.10 Å². The lowest BCUT2D eigenvalue weighted by molar-refractivity contribution is 0.628. The van der Waals surface area contributed by atoms with E-state index in [1.54, 1.807) is 0 Å². The number of rotatable bonds is 4. The zero-order chi connectivity index (χ0) is 12.5. The maximum Gasteiger partial charge on any atom is 0.154 e. The van der Waals surface area contributed by atoms with Crippen LogP contribution in [0.5, 0.6) is 0 Å². The smallest absolute Gasteiger partial charge is 0.154 e. The highest BCUT2D eigenvalue weighted by Crippen LogP contribution is 2.38. The molecular weight excluding hydrogens is 224 g/mol. The molecule has 1 saturated carbocycles. The first kappa shape index (κ1) is 11.4. The topological polar surface area (TPSA) is 56.7 Å². The van der Waals surface area contributed by atoms with Crippen LogP contribution >= 0.6 is 0 Å². The van der Waals surface area contributed by atoms with Crippen molar-refractivity contribution in [3.8, 4) is 0 Å². The van der Waals surface area contributed by atoms with Gasteiger partial charge in [0.05, 0.1) is 0 Å². The van der Waals surface area contributed by atoms with Gasteiger partial charge in [-0.05, 0) is 18.4 Å². The van der Waals surface area contributed by atoms with Crippen molar-refractivity contribution >= 4 is 0 Å². The predicted octanol–water partition coefficient (Wildman–Crippen LogP) is 1.93. The summed E-state index contributed by atoms with van der Waals surface area (Å²) in [6, 6.07) is 10.1. The van der Waals surface area contributed by atoms with E-state index in [0.29, 0.717) is 5.92 Å². The molecule has 0 bridgehead atoms. The van der Waals surface area contributed by atoms with Crippen molar-refractivity contribution < 1.29 is 0 Å². The maximum atomic E-state index is 6.22. The van der Waals surface area contributed by atoms with Crippen LogP contribution < -0.4 is 5.73 Å². The highest BCUT2D eigenvalue weighted by atomic mass is 15.3. The Bertz CT molecular complexity index is 528. The zero-order valence-electron chi connectivity index (χ0n) is 10.6. The number of aromatic nitrogens is 3. The van der Waals surface area contributed by atoms with Gasteiger partial charge < -0.3 is 5.73 Å². The van der Waals surface area contributed by atoms with Crippen LogP contribution in [0.1, 0.15) is 42.0 Å². The molecule has 94 valence electrons. The number of hydrogen-bond acceptors (Lipinski definition) is 3. The minimum Gasteiger partial charge on any atom is -0.324 e. The summed E-state index contributed by atoms with van der Waals surface area (Å²) in [5.41, 5.74) is 7.36. The second-order valence-corrected chi connectivity index (χ2v) is 5.01. The average Bonchev–Trinajstić information content (AvgIpc) is 3.17. The Morgan fingerprint density at radius 3 is 2.72 bits per heavy atom. The molecule has 0 amide bonds. The van der Waals surface area contributed by atoms with Crippen LogP contribution in [-0.2, 0) is 13.5 Å². The summed E-state index contributed by atoms with van der Waals surface area (Å²) < 4.78 is 1.87. The number of nitrogens with two attached hydrogens (primary N) is 1. The van der Waals surface area contributed by atoms with E-state index in [0.717, 1.165) is 23.6 Å². The summed E-state index contributed by atoms with van der Waals surface area (Å²) >= 11 is 0. The summed E-state index contributed by atoms with van der Waals surface area (Å²) in [6.07, 6.45) is 3.20. The molecule has 18 heavy (non-hydrogen) atoms. The fourth-order valence-electron chi connectivity index (χ4n) is 2.15. The van der Waals surface area contributed by atoms with E-state index in [4.69, 9.17) is 5.73 Å². The Morgan fingerprint density at radius 1 is 1.33 bits per heavy atom. The highest BCUT2D eigenvalue weighted by Gasteiger charge is 2.28. The summed E-state index contributed by atoms with van der Waals surface area (Å²) in [7, 11) is 1.95. The van der Waals surface area contributed by atoms with Gasteiger partial charge in [0.1, 0.15) is 5.82 Å². The summed E-state index contributed by atoms with van der Waals surface area (Å²) in [5.74, 6) is 2.57. The Balaban J connectivity index is 1.75. The van der Waals surface area contributed by atoms with Gasteiger partial charge in [-0.1, -0.05) is 30.3 Å². The third kappa shape index (κ3) is 2.29. The molecule has 1 aromatic heterocycles. The fraction of sp³-hybridized carbons (Fsp3) is 0.429. The van der Waals surface area contributed by atoms with Crippen molar-refractivity contribution in [2.45, 2.75) is 31.2 Å². The van der Waals surface area contributed by atoms with Crippen LogP contribution in [0.15, 0.2) is 30.3 Å². The van der Waals surface area contributed by atoms with Crippen molar-refractivity contribution in [1.82, 2.24) is 14.8 Å². The fourth-order valence-corrected chi connectivity index (χ4v) is 2.15. The molecule has 0 saturated heterocycles. The Hall–Kier alpha value is -1.68. The summed E-state index contributed by atoms with van der Waals surface area (Å²) in [5, 5.41) is 4.47. The molecule has 2 N–H and O–H groups in total. The molecule has 0 radical (unpaired) electrons. The van der Waals surface area contributed by atoms with E-state index >= 15 is 0 Å². The first-order valence-corrected chi connectivity index (χ1v) is 6.44. The molecular formula is C14H18N4. The standard InChI is InChI=1S/C14H18N4/c1-18-13(16-14(17-18)11-7-8-11)9-12(15)10-5-3-2-4-6-10/h2-6,11-12H,7-9,15H2,1H3. The van der Waals surface area contributed by atoms with Crippen LogP contribution in [0.3, 0.4) is 0 Å². The molecule has 4 nitrogen and oxygen atoms in total. The van der Waals surface area contributed by atoms with E-state index in [1.807, 2.05) is 29.9 Å². The third-order valence-corrected chi connectivity index (χ3v) is 3.44. The Kier molecular flexibility index (Phi) is 2.88. The zero-order valence-corrected chi connectivity index (χ0v) is 10.6. The van der Waals surface area contributed by atoms with Gasteiger partial charge in [0, 0.05) is 25.4 Å². The third-order valence-electron chi connectivity index (χ3n) is 3.44. The van der Waals surface area contributed by atoms with Gasteiger partial charge in [0.15, 0.2) is 5.82 Å². The van der Waals surface area contributed by atoms with E-state index in [9.17, 15) is 0 Å². The molecule has 1 aliphatic carbocycles. The van der Waals surface area contributed by atoms with Gasteiger partial charge in [-0.15, -0.1) is 0 Å². The molecule has 1 atom stereocenters. The molecule has 1 aromatic carbocycles. The number of aryl methyl sites for hydroxylation is 1. The van der Waals surface area contributed by atoms with Crippen molar-refractivity contribution in [3.05, 3.63) is 47.5 Å². The minimum atomic E-state index is -0.0128. The van der Waals surface area contributed by atoms with E-state index in [-0.39, 0.29) is 6.04 Å². The lowest BCUT2D eigenvalue weighted by atomic mass is 10.0. The number of nitrogens with zero attached hydrogens (tertiary/aromatic N) is 3. The SMILES string of the molecule is Cn1nc(C2CC2)nc1CC(N)c1ccccc1. The molecule has 4 heteroatoms. The number of benzene rings is 1. The molecule has 1 fully saturated rings. The Morgan fingerprint density at radius 2 is 2.06 bits per heavy atom. The van der Waals surface area contributed by atoms with E-state index < -0.39 is 0 Å². The first-order chi connectivity index (χ1) is 8.74. The van der Waals surface area contributed by atoms with Crippen LogP contribution in [0.4, 0.5) is 0 Å². The molecule has 2 aromatic rings. The molecule has 1 heterocycles. The van der Waals surface area contributed by atoms with Gasteiger partial charge in [0.25, 0.3) is 0 Å². The van der Waals surface area contributed by atoms with Crippen molar-refractivity contribution in [2.24, 2.45) is 12.8 Å². The summed E-state index contributed by atoms with van der Waals surface area (Å²) in [4.78, 5) is 4.61. The van der Waals surface area contributed by atoms with Crippen LogP contribution in [-0.4, -0.2) is 14.8 Å². The van der Waals surface area contributed by atoms with Gasteiger partial charge in [-0.3, -0.25) is 4.68 Å². The Labute approximate surface area is 107 Å².